The van der Waals surface area contributed by atoms with Crippen molar-refractivity contribution in [3.8, 4) is 5.75 Å². The van der Waals surface area contributed by atoms with Crippen LogP contribution in [0.25, 0.3) is 0 Å². The Morgan fingerprint density at radius 1 is 1.12 bits per heavy atom. The fraction of sp³-hybridized carbons (Fsp3) is 0.316. The smallest absolute Gasteiger partial charge is 0.240 e. The number of carbonyl (C=O) groups excluding carboxylic acids is 1. The zero-order chi connectivity index (χ0) is 19.2. The molecule has 2 aromatic rings. The van der Waals surface area contributed by atoms with Crippen LogP contribution in [0.2, 0.25) is 0 Å². The van der Waals surface area contributed by atoms with E-state index in [0.29, 0.717) is 18.7 Å². The van der Waals surface area contributed by atoms with Gasteiger partial charge >= 0.3 is 0 Å². The fourth-order valence-corrected chi connectivity index (χ4v) is 3.46. The average molecular weight is 376 g/mol. The zero-order valence-corrected chi connectivity index (χ0v) is 16.0. The molecule has 1 N–H and O–H groups in total. The molecule has 140 valence electrons. The second-order valence-electron chi connectivity index (χ2n) is 6.00. The molecule has 2 rings (SSSR count). The number of carbonyl (C=O) groups is 1. The number of benzene rings is 2. The van der Waals surface area contributed by atoms with Crippen molar-refractivity contribution in [2.45, 2.75) is 13.3 Å². The maximum atomic E-state index is 12.2. The number of methoxy groups -OCH3 is 1. The molecule has 0 fully saturated rings. The Morgan fingerprint density at radius 2 is 1.77 bits per heavy atom. The van der Waals surface area contributed by atoms with E-state index in [1.807, 2.05) is 43.3 Å². The predicted octanol–water partition coefficient (Wildman–Crippen LogP) is 2.13. The minimum absolute atomic E-state index is 0.244. The van der Waals surface area contributed by atoms with E-state index in [1.165, 1.54) is 0 Å². The normalized spacial score (nSPS) is 11.0. The summed E-state index contributed by atoms with van der Waals surface area (Å²) < 4.78 is 30.5. The second-order valence-corrected chi connectivity index (χ2v) is 7.91. The van der Waals surface area contributed by atoms with Gasteiger partial charge in [0.25, 0.3) is 0 Å². The molecule has 1 amide bonds. The molecule has 0 spiro atoms. The second kappa shape index (κ2) is 8.71. The number of sulfonamides is 1. The van der Waals surface area contributed by atoms with Crippen LogP contribution < -0.4 is 14.4 Å². The molecule has 0 radical (unpaired) electrons. The van der Waals surface area contributed by atoms with Gasteiger partial charge in [-0.2, -0.15) is 0 Å². The third-order valence-corrected chi connectivity index (χ3v) is 5.09. The lowest BCUT2D eigenvalue weighted by Crippen LogP contribution is -2.41. The molecule has 0 aromatic heterocycles. The Morgan fingerprint density at radius 3 is 2.35 bits per heavy atom. The molecule has 0 atom stereocenters. The van der Waals surface area contributed by atoms with Crippen LogP contribution in [0.1, 0.15) is 11.1 Å². The van der Waals surface area contributed by atoms with Crippen molar-refractivity contribution in [1.82, 2.24) is 5.32 Å². The van der Waals surface area contributed by atoms with Crippen molar-refractivity contribution in [1.29, 1.82) is 0 Å². The van der Waals surface area contributed by atoms with Gasteiger partial charge in [0.15, 0.2) is 0 Å². The third-order valence-electron chi connectivity index (χ3n) is 3.97. The summed E-state index contributed by atoms with van der Waals surface area (Å²) in [5, 5.41) is 2.78. The van der Waals surface area contributed by atoms with E-state index in [1.54, 1.807) is 19.2 Å². The summed E-state index contributed by atoms with van der Waals surface area (Å²) in [6.45, 7) is 2.00. The van der Waals surface area contributed by atoms with Crippen LogP contribution >= 0.6 is 0 Å². The minimum atomic E-state index is -3.56. The quantitative estimate of drug-likeness (QED) is 0.766. The molecular weight excluding hydrogens is 352 g/mol. The zero-order valence-electron chi connectivity index (χ0n) is 15.2. The third kappa shape index (κ3) is 5.49. The van der Waals surface area contributed by atoms with E-state index < -0.39 is 10.0 Å². The van der Waals surface area contributed by atoms with Gasteiger partial charge in [0.1, 0.15) is 12.3 Å². The number of hydrogen-bond acceptors (Lipinski definition) is 4. The van der Waals surface area contributed by atoms with E-state index in [-0.39, 0.29) is 12.5 Å². The molecule has 7 heteroatoms. The molecular formula is C19H24N2O4S. The lowest BCUT2D eigenvalue weighted by molar-refractivity contribution is -0.119. The van der Waals surface area contributed by atoms with Crippen LogP contribution in [0.5, 0.6) is 5.75 Å². The Hall–Kier alpha value is -2.54. The Labute approximate surface area is 154 Å². The summed E-state index contributed by atoms with van der Waals surface area (Å²) >= 11 is 0. The number of hydrogen-bond donors (Lipinski definition) is 1. The highest BCUT2D eigenvalue weighted by molar-refractivity contribution is 7.92. The van der Waals surface area contributed by atoms with Crippen LogP contribution in [0.15, 0.2) is 48.5 Å². The molecule has 0 saturated heterocycles. The molecule has 0 unspecified atom stereocenters. The summed E-state index contributed by atoms with van der Waals surface area (Å²) in [5.74, 6) is 0.437. The van der Waals surface area contributed by atoms with Crippen LogP contribution in [-0.4, -0.2) is 40.8 Å². The van der Waals surface area contributed by atoms with Gasteiger partial charge in [0, 0.05) is 6.54 Å². The van der Waals surface area contributed by atoms with Gasteiger partial charge in [-0.25, -0.2) is 8.42 Å². The van der Waals surface area contributed by atoms with Gasteiger partial charge in [0.05, 0.1) is 19.1 Å². The number of amides is 1. The summed E-state index contributed by atoms with van der Waals surface area (Å²) in [6, 6.07) is 14.7. The molecule has 2 aromatic carbocycles. The number of nitrogens with one attached hydrogen (secondary N) is 1. The topological polar surface area (TPSA) is 75.7 Å². The molecule has 0 aliphatic carbocycles. The van der Waals surface area contributed by atoms with Gasteiger partial charge in [0.2, 0.25) is 15.9 Å². The first-order valence-corrected chi connectivity index (χ1v) is 10.1. The maximum absolute atomic E-state index is 12.2. The molecule has 0 aliphatic rings. The Balaban J connectivity index is 1.96. The van der Waals surface area contributed by atoms with Gasteiger partial charge in [-0.05, 0) is 42.7 Å². The van der Waals surface area contributed by atoms with Gasteiger partial charge in [-0.1, -0.05) is 30.3 Å². The van der Waals surface area contributed by atoms with Crippen molar-refractivity contribution >= 4 is 21.6 Å². The number of nitrogens with zero attached hydrogens (tertiary/aromatic N) is 1. The maximum Gasteiger partial charge on any atom is 0.240 e. The predicted molar refractivity (Wildman–Crippen MR) is 103 cm³/mol. The van der Waals surface area contributed by atoms with Crippen LogP contribution in [0, 0.1) is 6.92 Å². The van der Waals surface area contributed by atoms with Crippen LogP contribution in [0.3, 0.4) is 0 Å². The lowest BCUT2D eigenvalue weighted by Gasteiger charge is -2.23. The summed E-state index contributed by atoms with van der Waals surface area (Å²) in [7, 11) is -1.95. The Kier molecular flexibility index (Phi) is 6.63. The van der Waals surface area contributed by atoms with E-state index >= 15 is 0 Å². The highest BCUT2D eigenvalue weighted by atomic mass is 32.2. The number of para-hydroxylation sites is 1. The highest BCUT2D eigenvalue weighted by Gasteiger charge is 2.21. The number of aryl methyl sites for hydroxylation is 1. The van der Waals surface area contributed by atoms with Crippen molar-refractivity contribution in [2.24, 2.45) is 0 Å². The number of anilines is 1. The van der Waals surface area contributed by atoms with E-state index in [4.69, 9.17) is 4.74 Å². The molecule has 0 saturated carbocycles. The van der Waals surface area contributed by atoms with Crippen molar-refractivity contribution in [3.63, 3.8) is 0 Å². The first-order valence-electron chi connectivity index (χ1n) is 8.24. The largest absolute Gasteiger partial charge is 0.497 e. The highest BCUT2D eigenvalue weighted by Crippen LogP contribution is 2.21. The molecule has 6 nitrogen and oxygen atoms in total. The van der Waals surface area contributed by atoms with Crippen LogP contribution in [0.4, 0.5) is 5.69 Å². The van der Waals surface area contributed by atoms with Gasteiger partial charge < -0.3 is 10.1 Å². The Bertz CT molecular complexity index is 848. The van der Waals surface area contributed by atoms with Gasteiger partial charge in [-0.15, -0.1) is 0 Å². The summed E-state index contributed by atoms with van der Waals surface area (Å²) in [4.78, 5) is 12.2. The monoisotopic (exact) mass is 376 g/mol. The molecule has 26 heavy (non-hydrogen) atoms. The first-order chi connectivity index (χ1) is 12.3. The molecule has 0 aliphatic heterocycles. The van der Waals surface area contributed by atoms with Crippen molar-refractivity contribution in [3.05, 3.63) is 59.7 Å². The SMILES string of the molecule is COc1ccc(CCNC(=O)CN(c2ccccc2C)S(C)(=O)=O)cc1. The van der Waals surface area contributed by atoms with Gasteiger partial charge in [-0.3, -0.25) is 9.10 Å². The van der Waals surface area contributed by atoms with E-state index in [0.717, 1.165) is 27.4 Å². The van der Waals surface area contributed by atoms with E-state index in [2.05, 4.69) is 5.32 Å². The fourth-order valence-electron chi connectivity index (χ4n) is 2.55. The summed E-state index contributed by atoms with van der Waals surface area (Å²) in [5.41, 5.74) is 2.37. The molecule has 0 heterocycles. The standard InChI is InChI=1S/C19H24N2O4S/c1-15-6-4-5-7-18(15)21(26(3,23)24)14-19(22)20-13-12-16-8-10-17(25-2)11-9-16/h4-11H,12-14H2,1-3H3,(H,20,22). The first kappa shape index (κ1) is 19.8. The lowest BCUT2D eigenvalue weighted by atomic mass is 10.1. The minimum Gasteiger partial charge on any atom is -0.497 e. The van der Waals surface area contributed by atoms with Crippen LogP contribution in [-0.2, 0) is 21.2 Å². The van der Waals surface area contributed by atoms with Crippen molar-refractivity contribution < 1.29 is 17.9 Å². The number of rotatable bonds is 8. The summed E-state index contributed by atoms with van der Waals surface area (Å²) in [6.07, 6.45) is 1.75. The van der Waals surface area contributed by atoms with E-state index in [9.17, 15) is 13.2 Å². The average Bonchev–Trinajstić information content (AvgIpc) is 2.60. The number of ether oxygens (including phenoxy) is 1. The van der Waals surface area contributed by atoms with Crippen molar-refractivity contribution in [2.75, 3.05) is 30.8 Å². The molecule has 0 bridgehead atoms.